The van der Waals surface area contributed by atoms with E-state index in [0.717, 1.165) is 12.1 Å². The molecule has 1 aromatic rings. The average Bonchev–Trinajstić information content (AvgIpc) is 2.42. The van der Waals surface area contributed by atoms with E-state index in [1.54, 1.807) is 0 Å². The molecule has 0 aliphatic carbocycles. The molecule has 1 fully saturated rings. The number of benzene rings is 1. The molecule has 3 N–H and O–H groups in total. The Morgan fingerprint density at radius 2 is 2.09 bits per heavy atom. The van der Waals surface area contributed by atoms with Crippen LogP contribution in [0.25, 0.3) is 0 Å². The van der Waals surface area contributed by atoms with Crippen LogP contribution >= 0.6 is 11.6 Å². The van der Waals surface area contributed by atoms with Gasteiger partial charge in [-0.3, -0.25) is 4.79 Å². The molecule has 5 nitrogen and oxygen atoms in total. The van der Waals surface area contributed by atoms with Crippen molar-refractivity contribution in [3.8, 4) is 0 Å². The number of piperidine rings is 1. The van der Waals surface area contributed by atoms with Gasteiger partial charge in [0, 0.05) is 24.7 Å². The van der Waals surface area contributed by atoms with E-state index in [2.05, 4.69) is 16.0 Å². The van der Waals surface area contributed by atoms with Gasteiger partial charge in [0.25, 0.3) is 0 Å². The first kappa shape index (κ1) is 16.4. The van der Waals surface area contributed by atoms with Crippen LogP contribution in [0, 0.1) is 0 Å². The Labute approximate surface area is 129 Å². The van der Waals surface area contributed by atoms with Gasteiger partial charge in [0.05, 0.1) is 10.6 Å². The Bertz CT molecular complexity index is 582. The van der Waals surface area contributed by atoms with E-state index < -0.39 is 22.8 Å². The maximum atomic E-state index is 12.7. The summed E-state index contributed by atoms with van der Waals surface area (Å²) in [5.41, 5.74) is -1.04. The molecule has 0 saturated carbocycles. The van der Waals surface area contributed by atoms with E-state index in [1.807, 2.05) is 0 Å². The van der Waals surface area contributed by atoms with Crippen LogP contribution in [0.1, 0.15) is 18.4 Å². The van der Waals surface area contributed by atoms with Crippen LogP contribution in [-0.4, -0.2) is 24.5 Å². The molecule has 0 radical (unpaired) electrons. The summed E-state index contributed by atoms with van der Waals surface area (Å²) in [5, 5.41) is 7.05. The number of nitrogens with one attached hydrogen (secondary N) is 3. The van der Waals surface area contributed by atoms with Gasteiger partial charge in [-0.05, 0) is 24.6 Å². The van der Waals surface area contributed by atoms with Crippen molar-refractivity contribution in [3.05, 3.63) is 28.8 Å². The minimum absolute atomic E-state index is 0.0194. The molecule has 1 saturated heterocycles. The third-order valence-corrected chi connectivity index (χ3v) is 3.46. The quantitative estimate of drug-likeness (QED) is 0.777. The summed E-state index contributed by atoms with van der Waals surface area (Å²) in [6, 6.07) is 2.22. The highest BCUT2D eigenvalue weighted by molar-refractivity contribution is 6.31. The molecular formula is C13H13ClF3N3O2. The second kappa shape index (κ2) is 6.43. The first-order valence-corrected chi connectivity index (χ1v) is 6.84. The summed E-state index contributed by atoms with van der Waals surface area (Å²) >= 11 is 5.50. The van der Waals surface area contributed by atoms with Crippen molar-refractivity contribution in [2.75, 3.05) is 11.9 Å². The van der Waals surface area contributed by atoms with E-state index in [4.69, 9.17) is 11.6 Å². The summed E-state index contributed by atoms with van der Waals surface area (Å²) in [7, 11) is 0. The van der Waals surface area contributed by atoms with E-state index >= 15 is 0 Å². The van der Waals surface area contributed by atoms with Crippen molar-refractivity contribution in [3.63, 3.8) is 0 Å². The van der Waals surface area contributed by atoms with E-state index in [0.29, 0.717) is 19.4 Å². The van der Waals surface area contributed by atoms with Crippen molar-refractivity contribution in [2.24, 2.45) is 0 Å². The Kier molecular flexibility index (Phi) is 4.80. The van der Waals surface area contributed by atoms with Crippen LogP contribution < -0.4 is 16.0 Å². The van der Waals surface area contributed by atoms with E-state index in [1.165, 1.54) is 6.07 Å². The third-order valence-electron chi connectivity index (χ3n) is 3.13. The van der Waals surface area contributed by atoms with Gasteiger partial charge in [-0.1, -0.05) is 11.6 Å². The molecule has 1 aliphatic heterocycles. The van der Waals surface area contributed by atoms with Crippen molar-refractivity contribution in [2.45, 2.75) is 25.1 Å². The summed E-state index contributed by atoms with van der Waals surface area (Å²) in [5.74, 6) is -0.0917. The minimum Gasteiger partial charge on any atom is -0.354 e. The first-order chi connectivity index (χ1) is 10.3. The van der Waals surface area contributed by atoms with Crippen molar-refractivity contribution in [1.29, 1.82) is 0 Å². The monoisotopic (exact) mass is 335 g/mol. The number of anilines is 1. The van der Waals surface area contributed by atoms with E-state index in [9.17, 15) is 22.8 Å². The van der Waals surface area contributed by atoms with Gasteiger partial charge in [0.15, 0.2) is 0 Å². The van der Waals surface area contributed by atoms with Crippen molar-refractivity contribution >= 4 is 29.2 Å². The predicted molar refractivity (Wildman–Crippen MR) is 74.6 cm³/mol. The number of amides is 3. The van der Waals surface area contributed by atoms with Crippen LogP contribution in [0.2, 0.25) is 5.02 Å². The number of rotatable bonds is 2. The molecule has 0 spiro atoms. The zero-order chi connectivity index (χ0) is 16.3. The Morgan fingerprint density at radius 3 is 2.68 bits per heavy atom. The molecule has 1 aromatic carbocycles. The van der Waals surface area contributed by atoms with Gasteiger partial charge < -0.3 is 16.0 Å². The van der Waals surface area contributed by atoms with Crippen LogP contribution in [-0.2, 0) is 11.0 Å². The van der Waals surface area contributed by atoms with Crippen molar-refractivity contribution < 1.29 is 22.8 Å². The maximum absolute atomic E-state index is 12.7. The lowest BCUT2D eigenvalue weighted by molar-refractivity contribution is -0.137. The zero-order valence-corrected chi connectivity index (χ0v) is 12.0. The maximum Gasteiger partial charge on any atom is 0.417 e. The number of urea groups is 1. The van der Waals surface area contributed by atoms with Gasteiger partial charge in [0.1, 0.15) is 0 Å². The van der Waals surface area contributed by atoms with Gasteiger partial charge in [-0.2, -0.15) is 13.2 Å². The number of carbonyl (C=O) groups excluding carboxylic acids is 2. The standard InChI is InChI=1S/C13H13ClF3N3O2/c14-10-3-1-7(5-9(10)13(15,16)17)19-12(22)20-8-2-4-11(21)18-6-8/h1,3,5,8H,2,4,6H2,(H,18,21)(H2,19,20,22)/t8-/m0/s1. The SMILES string of the molecule is O=C1CC[C@H](NC(=O)Nc2ccc(Cl)c(C(F)(F)F)c2)CN1. The molecule has 22 heavy (non-hydrogen) atoms. The fourth-order valence-corrected chi connectivity index (χ4v) is 2.25. The Balaban J connectivity index is 1.98. The number of carbonyl (C=O) groups is 2. The van der Waals surface area contributed by atoms with Crippen molar-refractivity contribution in [1.82, 2.24) is 10.6 Å². The third kappa shape index (κ3) is 4.27. The number of halogens is 4. The highest BCUT2D eigenvalue weighted by Gasteiger charge is 2.33. The summed E-state index contributed by atoms with van der Waals surface area (Å²) in [6.45, 7) is 0.292. The molecule has 0 bridgehead atoms. The second-order valence-electron chi connectivity index (χ2n) is 4.83. The molecule has 1 aliphatic rings. The molecule has 1 atom stereocenters. The number of hydrogen-bond donors (Lipinski definition) is 3. The molecule has 2 rings (SSSR count). The molecule has 1 heterocycles. The number of alkyl halides is 3. The Hall–Kier alpha value is -1.96. The summed E-state index contributed by atoms with van der Waals surface area (Å²) in [4.78, 5) is 22.7. The van der Waals surface area contributed by atoms with Crippen LogP contribution in [0.15, 0.2) is 18.2 Å². The smallest absolute Gasteiger partial charge is 0.354 e. The molecule has 120 valence electrons. The van der Waals surface area contributed by atoms with E-state index in [-0.39, 0.29) is 17.6 Å². The van der Waals surface area contributed by atoms with Crippen LogP contribution in [0.5, 0.6) is 0 Å². The first-order valence-electron chi connectivity index (χ1n) is 6.46. The summed E-state index contributed by atoms with van der Waals surface area (Å²) in [6.07, 6.45) is -3.82. The zero-order valence-electron chi connectivity index (χ0n) is 11.3. The van der Waals surface area contributed by atoms with Gasteiger partial charge >= 0.3 is 12.2 Å². The molecule has 9 heteroatoms. The second-order valence-corrected chi connectivity index (χ2v) is 5.24. The summed E-state index contributed by atoms with van der Waals surface area (Å²) < 4.78 is 38.2. The minimum atomic E-state index is -4.60. The predicted octanol–water partition coefficient (Wildman–Crippen LogP) is 2.76. The molecular weight excluding hydrogens is 323 g/mol. The lowest BCUT2D eigenvalue weighted by atomic mass is 10.1. The van der Waals surface area contributed by atoms with Gasteiger partial charge in [-0.25, -0.2) is 4.79 Å². The molecule has 0 aromatic heterocycles. The fraction of sp³-hybridized carbons (Fsp3) is 0.385. The van der Waals surface area contributed by atoms with Crippen LogP contribution in [0.3, 0.4) is 0 Å². The van der Waals surface area contributed by atoms with Crippen LogP contribution in [0.4, 0.5) is 23.7 Å². The molecule has 3 amide bonds. The van der Waals surface area contributed by atoms with Gasteiger partial charge in [0.2, 0.25) is 5.91 Å². The topological polar surface area (TPSA) is 70.2 Å². The molecule has 0 unspecified atom stereocenters. The lowest BCUT2D eigenvalue weighted by Gasteiger charge is -2.23. The highest BCUT2D eigenvalue weighted by Crippen LogP contribution is 2.36. The Morgan fingerprint density at radius 1 is 1.36 bits per heavy atom. The van der Waals surface area contributed by atoms with Gasteiger partial charge in [-0.15, -0.1) is 0 Å². The largest absolute Gasteiger partial charge is 0.417 e. The lowest BCUT2D eigenvalue weighted by Crippen LogP contribution is -2.48. The number of hydrogen-bond acceptors (Lipinski definition) is 2. The highest BCUT2D eigenvalue weighted by atomic mass is 35.5. The average molecular weight is 336 g/mol. The normalized spacial score (nSPS) is 18.5. The fourth-order valence-electron chi connectivity index (χ4n) is 2.03.